The van der Waals surface area contributed by atoms with Gasteiger partial charge < -0.3 is 50.5 Å². The molecule has 18 aliphatic rings. The first-order chi connectivity index (χ1) is 45.9. The van der Waals surface area contributed by atoms with Gasteiger partial charge in [-0.1, -0.05) is 90.5 Å². The van der Waals surface area contributed by atoms with Crippen molar-refractivity contribution in [2.24, 2.45) is 162 Å². The summed E-state index contributed by atoms with van der Waals surface area (Å²) >= 11 is 0. The zero-order valence-corrected chi connectivity index (χ0v) is 65.8. The number of carboxylic acids is 1. The van der Waals surface area contributed by atoms with Gasteiger partial charge in [0.05, 0.1) is 44.2 Å². The summed E-state index contributed by atoms with van der Waals surface area (Å²) < 4.78 is 40.1. The molecule has 3 spiro atoms. The maximum atomic E-state index is 12.2. The molecule has 6 saturated heterocycles. The van der Waals surface area contributed by atoms with Crippen molar-refractivity contribution < 1.29 is 48.2 Å². The van der Waals surface area contributed by atoms with E-state index in [-0.39, 0.29) is 37.0 Å². The highest BCUT2D eigenvalue weighted by Crippen LogP contribution is 2.75. The van der Waals surface area contributed by atoms with Gasteiger partial charge in [-0.3, -0.25) is 9.59 Å². The van der Waals surface area contributed by atoms with Crippen LogP contribution in [0.5, 0.6) is 0 Å². The standard InChI is InChI=1S/C27H45NO2.C27H44O3.C27H42O3.C2H4O2.C2H7P.CH4.H3N/c3*1-16-7-12-27(29-15-16)17(2)24-23(30-27)14-22-20-6-5-18-13-19(28)8-10-25(18,3)21(20)9-11-26(22,24)4;1-2(3)4;1-3-2;;/h16-24H,5-15,28H2,1-4H3;16-24,28H,5-15H2,1-4H3;16-18,20-24H,5-15H2,1-4H3;1H3,(H,3,4);3H,1-2H3;1H4;1H3/t16-,17-,18+,19?,20+,21-,22-,23-,24-,25-,26-,27+;16-,17-,18+,19-,20+,21-,22-,23-,24-,25-,26-,27+;16-,17-,18+,20+,21-,22-,23-,24-,25-,26-,27+;;;;/m000..../s1. The number of aliphatic carboxylic acids is 1. The van der Waals surface area contributed by atoms with E-state index in [0.717, 1.165) is 152 Å². The second-order valence-corrected chi connectivity index (χ2v) is 41.2. The van der Waals surface area contributed by atoms with Crippen LogP contribution in [0.25, 0.3) is 0 Å². The van der Waals surface area contributed by atoms with E-state index >= 15 is 0 Å². The normalized spacial score (nSPS) is 56.5. The van der Waals surface area contributed by atoms with Gasteiger partial charge in [0, 0.05) is 62.8 Å². The second kappa shape index (κ2) is 28.7. The monoisotopic (exact) mass is 1400 g/mol. The molecule has 12 aliphatic carbocycles. The largest absolute Gasteiger partial charge is 0.481 e. The first kappa shape index (κ1) is 77.8. The molecule has 13 heteroatoms. The molecule has 0 amide bonds. The molecule has 0 bridgehead atoms. The lowest BCUT2D eigenvalue weighted by Crippen LogP contribution is -2.55. The van der Waals surface area contributed by atoms with Crippen LogP contribution in [0, 0.1) is 157 Å². The first-order valence-electron chi connectivity index (χ1n) is 41.6. The van der Waals surface area contributed by atoms with Gasteiger partial charge in [0.2, 0.25) is 0 Å². The summed E-state index contributed by atoms with van der Waals surface area (Å²) in [5.41, 5.74) is 9.12. The van der Waals surface area contributed by atoms with Crippen LogP contribution in [-0.2, 0) is 38.0 Å². The molecule has 0 radical (unpaired) electrons. The summed E-state index contributed by atoms with van der Waals surface area (Å²) in [7, 11) is 1.08. The third-order valence-corrected chi connectivity index (χ3v) is 35.6. The highest BCUT2D eigenvalue weighted by atomic mass is 31.1. The van der Waals surface area contributed by atoms with Crippen molar-refractivity contribution in [3.8, 4) is 0 Å². The molecule has 12 nitrogen and oxygen atoms in total. The van der Waals surface area contributed by atoms with E-state index in [4.69, 9.17) is 44.1 Å². The van der Waals surface area contributed by atoms with Gasteiger partial charge >= 0.3 is 0 Å². The van der Waals surface area contributed by atoms with E-state index in [9.17, 15) is 9.90 Å². The number of nitrogens with two attached hydrogens (primary N) is 1. The number of aliphatic hydroxyl groups excluding tert-OH is 1. The number of rotatable bonds is 0. The number of carbonyl (C=O) groups excluding carboxylic acids is 1. The number of ether oxygens (including phenoxy) is 6. The number of carbonyl (C=O) groups is 2. The summed E-state index contributed by atoms with van der Waals surface area (Å²) in [4.78, 5) is 21.2. The molecular weight excluding hydrogens is 1250 g/mol. The summed E-state index contributed by atoms with van der Waals surface area (Å²) in [6.45, 7) is 38.1. The van der Waals surface area contributed by atoms with Crippen LogP contribution in [0.2, 0.25) is 0 Å². The van der Waals surface area contributed by atoms with Gasteiger partial charge in [0.25, 0.3) is 5.97 Å². The maximum absolute atomic E-state index is 12.2. The Kier molecular flexibility index (Phi) is 22.5. The van der Waals surface area contributed by atoms with E-state index in [1.807, 2.05) is 0 Å². The smallest absolute Gasteiger partial charge is 0.300 e. The molecule has 6 aliphatic heterocycles. The van der Waals surface area contributed by atoms with E-state index < -0.39 is 5.97 Å². The number of Topliss-reactive ketones (excluding diaryl/α,β-unsaturated/α-hetero) is 1. The van der Waals surface area contributed by atoms with Crippen molar-refractivity contribution in [1.82, 2.24) is 6.15 Å². The molecular formula is C86H149N2O10P. The third-order valence-electron chi connectivity index (χ3n) is 35.6. The van der Waals surface area contributed by atoms with Crippen LogP contribution in [0.3, 0.4) is 0 Å². The molecule has 0 aromatic carbocycles. The Balaban J connectivity index is 0.000000133. The second-order valence-electron chi connectivity index (χ2n) is 40.2. The number of carboxylic acid groups (broad SMARTS) is 1. The zero-order valence-electron chi connectivity index (χ0n) is 64.8. The van der Waals surface area contributed by atoms with Crippen LogP contribution < -0.4 is 11.9 Å². The first-order valence-corrected chi connectivity index (χ1v) is 43.6. The van der Waals surface area contributed by atoms with E-state index in [2.05, 4.69) is 96.4 Å². The van der Waals surface area contributed by atoms with Crippen LogP contribution in [0.4, 0.5) is 0 Å². The lowest BCUT2D eigenvalue weighted by atomic mass is 9.44. The van der Waals surface area contributed by atoms with Gasteiger partial charge in [0.1, 0.15) is 5.78 Å². The van der Waals surface area contributed by atoms with E-state index in [0.29, 0.717) is 122 Å². The van der Waals surface area contributed by atoms with Gasteiger partial charge in [-0.05, 0) is 313 Å². The molecule has 18 fully saturated rings. The number of hydrogen-bond acceptors (Lipinski definition) is 11. The van der Waals surface area contributed by atoms with Crippen LogP contribution in [0.15, 0.2) is 0 Å². The molecule has 7 N–H and O–H groups in total. The number of ketones is 1. The molecule has 6 heterocycles. The quantitative estimate of drug-likeness (QED) is 0.168. The van der Waals surface area contributed by atoms with Crippen molar-refractivity contribution in [2.45, 2.75) is 338 Å². The molecule has 18 rings (SSSR count). The molecule has 99 heavy (non-hydrogen) atoms. The van der Waals surface area contributed by atoms with Crippen LogP contribution >= 0.6 is 8.58 Å². The fourth-order valence-electron chi connectivity index (χ4n) is 30.6. The Morgan fingerprint density at radius 1 is 0.444 bits per heavy atom. The van der Waals surface area contributed by atoms with Gasteiger partial charge in [-0.25, -0.2) is 0 Å². The van der Waals surface area contributed by atoms with Crippen molar-refractivity contribution in [3.05, 3.63) is 0 Å². The average molecular weight is 1400 g/mol. The average Bonchev–Trinajstić information content (AvgIpc) is 1.59. The van der Waals surface area contributed by atoms with Crippen molar-refractivity contribution in [3.63, 3.8) is 0 Å². The molecule has 0 aromatic rings. The number of fused-ring (bicyclic) bond motifs is 21. The Bertz CT molecular complexity index is 2680. The summed E-state index contributed by atoms with van der Waals surface area (Å²) in [5.74, 6) is 14.6. The van der Waals surface area contributed by atoms with Crippen molar-refractivity contribution in [1.29, 1.82) is 0 Å². The summed E-state index contributed by atoms with van der Waals surface area (Å²) in [6, 6.07) is 0.461. The molecule has 0 aromatic heterocycles. The summed E-state index contributed by atoms with van der Waals surface area (Å²) in [5, 5.41) is 17.7. The molecule has 1 unspecified atom stereocenters. The van der Waals surface area contributed by atoms with Crippen LogP contribution in [-0.4, -0.2) is 103 Å². The minimum atomic E-state index is -0.833. The Morgan fingerprint density at radius 2 is 0.768 bits per heavy atom. The van der Waals surface area contributed by atoms with E-state index in [1.165, 1.54) is 141 Å². The lowest BCUT2D eigenvalue weighted by molar-refractivity contribution is -0.273. The van der Waals surface area contributed by atoms with Crippen LogP contribution in [0.1, 0.15) is 290 Å². The maximum Gasteiger partial charge on any atom is 0.300 e. The lowest BCUT2D eigenvalue weighted by Gasteiger charge is -2.61. The predicted molar refractivity (Wildman–Crippen MR) is 399 cm³/mol. The highest BCUT2D eigenvalue weighted by Gasteiger charge is 2.73. The Morgan fingerprint density at radius 3 is 1.12 bits per heavy atom. The highest BCUT2D eigenvalue weighted by molar-refractivity contribution is 7.35. The van der Waals surface area contributed by atoms with Gasteiger partial charge in [0.15, 0.2) is 17.4 Å². The summed E-state index contributed by atoms with van der Waals surface area (Å²) in [6.07, 6.45) is 38.8. The zero-order chi connectivity index (χ0) is 69.0. The molecule has 35 atom stereocenters. The minimum absolute atomic E-state index is 0. The topological polar surface area (TPSA) is 191 Å². The number of hydrogen-bond donors (Lipinski definition) is 4. The fraction of sp³-hybridized carbons (Fsp3) is 0.977. The van der Waals surface area contributed by atoms with E-state index in [1.54, 1.807) is 0 Å². The third kappa shape index (κ3) is 12.7. The van der Waals surface area contributed by atoms with Crippen molar-refractivity contribution in [2.75, 3.05) is 33.2 Å². The number of aliphatic hydroxyl groups is 1. The SMILES string of the molecule is C.CC(=O)O.CPC.C[C@H]1CC[C@@]2(OC1)O[C@H]1C[C@H]3[C@@H]4CC[C@@H]5CC(=O)CC[C@]5(C)[C@H]4CC[C@]3(C)[C@H]1[C@@H]2C.C[C@H]1CC[C@@]2(OC1)O[C@H]1C[C@H]3[C@@H]4CC[C@@H]5CC(N)CC[C@]5(C)[C@H]4CC[C@]3(C)[C@H]1[C@@H]2C.C[C@H]1CC[C@@]2(OC1)O[C@H]1C[C@H]3[C@@H]4CC[C@@H]5C[C@@H](O)CC[C@]5(C)[C@H]4CC[C@]3(C)[C@H]1[C@@H]2C.N. The fourth-order valence-corrected chi connectivity index (χ4v) is 30.6. The van der Waals surface area contributed by atoms with Gasteiger partial charge in [-0.2, -0.15) is 0 Å². The Labute approximate surface area is 605 Å². The predicted octanol–water partition coefficient (Wildman–Crippen LogP) is 19.4. The minimum Gasteiger partial charge on any atom is -0.481 e. The molecule has 12 saturated carbocycles. The van der Waals surface area contributed by atoms with Gasteiger partial charge in [-0.15, -0.1) is 8.58 Å². The Hall–Kier alpha value is -0.790. The molecule has 568 valence electrons. The van der Waals surface area contributed by atoms with Crippen molar-refractivity contribution >= 4 is 20.3 Å².